The normalized spacial score (nSPS) is 18.4. The Kier molecular flexibility index (Phi) is 4.05. The lowest BCUT2D eigenvalue weighted by atomic mass is 9.83. The lowest BCUT2D eigenvalue weighted by Gasteiger charge is -2.27. The highest BCUT2D eigenvalue weighted by Gasteiger charge is 2.46. The third-order valence-electron chi connectivity index (χ3n) is 3.98. The molecule has 1 amide bonds. The largest absolute Gasteiger partial charge is 0.503 e. The molecule has 1 aromatic carbocycles. The molecule has 1 unspecified atom stereocenters. The second kappa shape index (κ2) is 5.91. The highest BCUT2D eigenvalue weighted by molar-refractivity contribution is 7.10. The van der Waals surface area contributed by atoms with Crippen molar-refractivity contribution in [3.8, 4) is 0 Å². The first-order valence-corrected chi connectivity index (χ1v) is 8.60. The van der Waals surface area contributed by atoms with Gasteiger partial charge in [-0.2, -0.15) is 0 Å². The summed E-state index contributed by atoms with van der Waals surface area (Å²) in [5.41, 5.74) is 0.147. The number of anilines is 1. The number of benzene rings is 1. The van der Waals surface area contributed by atoms with Gasteiger partial charge < -0.3 is 5.11 Å². The van der Waals surface area contributed by atoms with E-state index in [0.717, 1.165) is 4.88 Å². The third-order valence-corrected chi connectivity index (χ3v) is 4.91. The average Bonchev–Trinajstić information content (AvgIpc) is 3.14. The van der Waals surface area contributed by atoms with Gasteiger partial charge in [0, 0.05) is 16.0 Å². The molecule has 0 radical (unpaired) electrons. The van der Waals surface area contributed by atoms with Crippen molar-refractivity contribution in [1.82, 2.24) is 0 Å². The van der Waals surface area contributed by atoms with Crippen LogP contribution in [0.25, 0.3) is 0 Å². The van der Waals surface area contributed by atoms with E-state index in [0.29, 0.717) is 5.69 Å². The zero-order valence-electron chi connectivity index (χ0n) is 13.8. The minimum Gasteiger partial charge on any atom is -0.503 e. The van der Waals surface area contributed by atoms with E-state index in [9.17, 15) is 14.7 Å². The number of rotatable bonds is 3. The summed E-state index contributed by atoms with van der Waals surface area (Å²) in [5.74, 6) is -1.20. The zero-order valence-corrected chi connectivity index (χ0v) is 14.6. The number of hydrogen-bond acceptors (Lipinski definition) is 4. The number of ketones is 1. The maximum absolute atomic E-state index is 12.9. The molecule has 0 spiro atoms. The van der Waals surface area contributed by atoms with Gasteiger partial charge in [-0.25, -0.2) is 0 Å². The van der Waals surface area contributed by atoms with Crippen molar-refractivity contribution in [2.75, 3.05) is 4.90 Å². The summed E-state index contributed by atoms with van der Waals surface area (Å²) < 4.78 is 0. The Morgan fingerprint density at radius 1 is 1.12 bits per heavy atom. The van der Waals surface area contributed by atoms with Crippen molar-refractivity contribution in [3.05, 3.63) is 64.1 Å². The number of hydrogen-bond donors (Lipinski definition) is 1. The summed E-state index contributed by atoms with van der Waals surface area (Å²) in [6.45, 7) is 5.37. The van der Waals surface area contributed by atoms with Gasteiger partial charge in [0.2, 0.25) is 0 Å². The quantitative estimate of drug-likeness (QED) is 0.907. The number of Topliss-reactive ketones (excluding diaryl/α,β-unsaturated/α-hetero) is 1. The fourth-order valence-electron chi connectivity index (χ4n) is 2.81. The van der Waals surface area contributed by atoms with Crippen molar-refractivity contribution in [1.29, 1.82) is 0 Å². The first kappa shape index (κ1) is 16.5. The molecule has 0 bridgehead atoms. The van der Waals surface area contributed by atoms with E-state index in [-0.39, 0.29) is 11.4 Å². The molecule has 4 nitrogen and oxygen atoms in total. The number of amides is 1. The lowest BCUT2D eigenvalue weighted by Crippen LogP contribution is -2.32. The number of aliphatic hydroxyl groups excluding tert-OH is 1. The number of carbonyl (C=O) groups is 2. The fourth-order valence-corrected chi connectivity index (χ4v) is 3.64. The van der Waals surface area contributed by atoms with Crippen molar-refractivity contribution in [2.45, 2.75) is 26.8 Å². The van der Waals surface area contributed by atoms with Gasteiger partial charge in [0.15, 0.2) is 11.5 Å². The van der Waals surface area contributed by atoms with Crippen LogP contribution in [0, 0.1) is 5.41 Å². The van der Waals surface area contributed by atoms with E-state index >= 15 is 0 Å². The minimum absolute atomic E-state index is 0.179. The van der Waals surface area contributed by atoms with Gasteiger partial charge in [0.25, 0.3) is 5.91 Å². The molecule has 0 aliphatic carbocycles. The number of thiophene rings is 1. The van der Waals surface area contributed by atoms with E-state index in [1.165, 1.54) is 16.2 Å². The molecule has 124 valence electrons. The van der Waals surface area contributed by atoms with Gasteiger partial charge in [-0.1, -0.05) is 45.0 Å². The van der Waals surface area contributed by atoms with Crippen molar-refractivity contribution >= 4 is 28.7 Å². The predicted molar refractivity (Wildman–Crippen MR) is 95.1 cm³/mol. The van der Waals surface area contributed by atoms with E-state index in [1.54, 1.807) is 32.9 Å². The highest BCUT2D eigenvalue weighted by Crippen LogP contribution is 2.44. The molecule has 24 heavy (non-hydrogen) atoms. The maximum Gasteiger partial charge on any atom is 0.294 e. The Morgan fingerprint density at radius 2 is 1.79 bits per heavy atom. The van der Waals surface area contributed by atoms with Gasteiger partial charge in [-0.05, 0) is 23.6 Å². The summed E-state index contributed by atoms with van der Waals surface area (Å²) in [4.78, 5) is 28.0. The number of carbonyl (C=O) groups excluding carboxylic acids is 2. The highest BCUT2D eigenvalue weighted by atomic mass is 32.1. The Morgan fingerprint density at radius 3 is 2.33 bits per heavy atom. The maximum atomic E-state index is 12.9. The van der Waals surface area contributed by atoms with Gasteiger partial charge in [-0.15, -0.1) is 11.3 Å². The minimum atomic E-state index is -0.689. The molecule has 1 N–H and O–H groups in total. The van der Waals surface area contributed by atoms with Gasteiger partial charge in [-0.3, -0.25) is 14.5 Å². The molecule has 0 fully saturated rings. The Bertz CT molecular complexity index is 801. The van der Waals surface area contributed by atoms with Gasteiger partial charge in [0.05, 0.1) is 5.57 Å². The summed E-state index contributed by atoms with van der Waals surface area (Å²) in [7, 11) is 0. The molecule has 3 rings (SSSR count). The molecule has 0 saturated heterocycles. The molecular weight excluding hydrogens is 322 g/mol. The molecule has 2 aromatic rings. The van der Waals surface area contributed by atoms with Gasteiger partial charge in [0.1, 0.15) is 6.04 Å². The van der Waals surface area contributed by atoms with Crippen LogP contribution in [0.3, 0.4) is 0 Å². The van der Waals surface area contributed by atoms with Crippen LogP contribution in [0.15, 0.2) is 59.2 Å². The number of para-hydroxylation sites is 1. The molecule has 5 heteroatoms. The Labute approximate surface area is 145 Å². The molecule has 0 saturated carbocycles. The van der Waals surface area contributed by atoms with Crippen LogP contribution in [0.2, 0.25) is 0 Å². The second-order valence-corrected chi connectivity index (χ2v) is 7.75. The first-order chi connectivity index (χ1) is 11.3. The number of aliphatic hydroxyl groups is 1. The average molecular weight is 341 g/mol. The molecular formula is C19H19NO3S. The lowest BCUT2D eigenvalue weighted by molar-refractivity contribution is -0.123. The molecule has 1 atom stereocenters. The van der Waals surface area contributed by atoms with Crippen LogP contribution in [-0.4, -0.2) is 16.8 Å². The third kappa shape index (κ3) is 2.65. The van der Waals surface area contributed by atoms with E-state index in [1.807, 2.05) is 35.7 Å². The predicted octanol–water partition coefficient (Wildman–Crippen LogP) is 4.26. The summed E-state index contributed by atoms with van der Waals surface area (Å²) in [6.07, 6.45) is 0. The van der Waals surface area contributed by atoms with Crippen molar-refractivity contribution in [2.24, 2.45) is 5.41 Å². The Balaban J connectivity index is 2.17. The summed E-state index contributed by atoms with van der Waals surface area (Å²) >= 11 is 1.46. The fraction of sp³-hybridized carbons (Fsp3) is 0.263. The topological polar surface area (TPSA) is 57.6 Å². The van der Waals surface area contributed by atoms with Gasteiger partial charge >= 0.3 is 0 Å². The van der Waals surface area contributed by atoms with E-state index in [4.69, 9.17) is 0 Å². The van der Waals surface area contributed by atoms with Crippen LogP contribution >= 0.6 is 11.3 Å². The number of nitrogens with zero attached hydrogens (tertiary/aromatic N) is 1. The van der Waals surface area contributed by atoms with E-state index < -0.39 is 23.1 Å². The molecule has 1 aromatic heterocycles. The zero-order chi connectivity index (χ0) is 17.5. The standard InChI is InChI=1S/C19H19NO3S/c1-19(2,3)17(22)14-15(13-10-7-11-24-13)20(18(23)16(14)21)12-8-5-4-6-9-12/h4-11,15,21H,1-3H3. The van der Waals surface area contributed by atoms with Crippen LogP contribution in [0.1, 0.15) is 31.7 Å². The van der Waals surface area contributed by atoms with Crippen LogP contribution in [0.5, 0.6) is 0 Å². The second-order valence-electron chi connectivity index (χ2n) is 6.77. The van der Waals surface area contributed by atoms with Crippen molar-refractivity contribution < 1.29 is 14.7 Å². The molecule has 2 heterocycles. The molecule has 1 aliphatic rings. The van der Waals surface area contributed by atoms with Crippen molar-refractivity contribution in [3.63, 3.8) is 0 Å². The summed E-state index contributed by atoms with van der Waals surface area (Å²) in [5, 5.41) is 12.4. The Hall–Kier alpha value is -2.40. The van der Waals surface area contributed by atoms with E-state index in [2.05, 4.69) is 0 Å². The van der Waals surface area contributed by atoms with Crippen LogP contribution in [0.4, 0.5) is 5.69 Å². The summed E-state index contributed by atoms with van der Waals surface area (Å²) in [6, 6.07) is 12.3. The smallest absolute Gasteiger partial charge is 0.294 e. The monoisotopic (exact) mass is 341 g/mol. The molecule has 1 aliphatic heterocycles. The first-order valence-electron chi connectivity index (χ1n) is 7.72. The van der Waals surface area contributed by atoms with Crippen LogP contribution < -0.4 is 4.90 Å². The van der Waals surface area contributed by atoms with Crippen LogP contribution in [-0.2, 0) is 9.59 Å². The SMILES string of the molecule is CC(C)(C)C(=O)C1=C(O)C(=O)N(c2ccccc2)C1c1cccs1.